The Morgan fingerprint density at radius 2 is 2.28 bits per heavy atom. The van der Waals surface area contributed by atoms with Crippen LogP contribution in [0.25, 0.3) is 0 Å². The molecule has 4 nitrogen and oxygen atoms in total. The van der Waals surface area contributed by atoms with E-state index >= 15 is 0 Å². The molecule has 0 aliphatic rings. The van der Waals surface area contributed by atoms with Crippen LogP contribution < -0.4 is 10.1 Å². The van der Waals surface area contributed by atoms with Gasteiger partial charge in [-0.25, -0.2) is 4.39 Å². The monoisotopic (exact) mass is 248 g/mol. The zero-order valence-electron chi connectivity index (χ0n) is 11.3. The third-order valence-corrected chi connectivity index (χ3v) is 2.15. The number of carbonyl (C=O) groups excluding carboxylic acids is 1. The summed E-state index contributed by atoms with van der Waals surface area (Å²) < 4.78 is 30.6. The predicted octanol–water partition coefficient (Wildman–Crippen LogP) is 2.64. The van der Waals surface area contributed by atoms with Crippen molar-refractivity contribution >= 4 is 11.6 Å². The Balaban J connectivity index is 2.10. The molecular formula is C13H11FN2O2. The van der Waals surface area contributed by atoms with Gasteiger partial charge in [-0.2, -0.15) is 0 Å². The van der Waals surface area contributed by atoms with Crippen LogP contribution in [-0.4, -0.2) is 17.7 Å². The van der Waals surface area contributed by atoms with Gasteiger partial charge in [-0.3, -0.25) is 9.78 Å². The van der Waals surface area contributed by atoms with E-state index in [0.717, 1.165) is 0 Å². The van der Waals surface area contributed by atoms with Gasteiger partial charge in [-0.15, -0.1) is 0 Å². The Labute approximate surface area is 106 Å². The molecule has 0 saturated heterocycles. The molecule has 0 aliphatic heterocycles. The van der Waals surface area contributed by atoms with Gasteiger partial charge in [-0.05, 0) is 24.3 Å². The summed E-state index contributed by atoms with van der Waals surface area (Å²) in [5, 5.41) is 2.56. The first-order chi connectivity index (χ1) is 9.44. The molecule has 0 spiro atoms. The van der Waals surface area contributed by atoms with Crippen LogP contribution in [0.4, 0.5) is 10.1 Å². The molecule has 92 valence electrons. The number of hydrogen-bond acceptors (Lipinski definition) is 3. The van der Waals surface area contributed by atoms with E-state index in [2.05, 4.69) is 15.0 Å². The molecule has 18 heavy (non-hydrogen) atoms. The zero-order valence-corrected chi connectivity index (χ0v) is 9.26. The van der Waals surface area contributed by atoms with Crippen molar-refractivity contribution in [2.75, 3.05) is 12.1 Å². The molecule has 5 heteroatoms. The van der Waals surface area contributed by atoms with Gasteiger partial charge in [0, 0.05) is 18.0 Å². The summed E-state index contributed by atoms with van der Waals surface area (Å²) in [5.41, 5.74) is 0.585. The lowest BCUT2D eigenvalue weighted by molar-refractivity contribution is 0.102. The van der Waals surface area contributed by atoms with Gasteiger partial charge in [-0.1, -0.05) is 12.1 Å². The van der Waals surface area contributed by atoms with Crippen LogP contribution in [0.3, 0.4) is 0 Å². The third-order valence-electron chi connectivity index (χ3n) is 2.15. The molecule has 1 amide bonds. The fourth-order valence-corrected chi connectivity index (χ4v) is 1.37. The third kappa shape index (κ3) is 3.04. The summed E-state index contributed by atoms with van der Waals surface area (Å²) in [6.07, 6.45) is 1.49. The minimum Gasteiger partial charge on any atom is -0.463 e. The topological polar surface area (TPSA) is 51.2 Å². The summed E-state index contributed by atoms with van der Waals surface area (Å²) in [6, 6.07) is 10.7. The van der Waals surface area contributed by atoms with Crippen molar-refractivity contribution in [2.24, 2.45) is 0 Å². The van der Waals surface area contributed by atoms with Crippen LogP contribution in [0.1, 0.15) is 13.2 Å². The maximum atomic E-state index is 12.7. The lowest BCUT2D eigenvalue weighted by atomic mass is 10.3. The molecule has 0 aliphatic carbocycles. The van der Waals surface area contributed by atoms with Crippen LogP contribution in [0.2, 0.25) is 0 Å². The number of nitrogens with zero attached hydrogens (tertiary/aromatic N) is 1. The first kappa shape index (κ1) is 9.58. The normalized spacial score (nSPS) is 12.3. The molecule has 0 bridgehead atoms. The highest BCUT2D eigenvalue weighted by Crippen LogP contribution is 2.17. The van der Waals surface area contributed by atoms with Crippen molar-refractivity contribution < 1.29 is 16.7 Å². The SMILES string of the molecule is [2H]C([2H])(F)Oc1cccc(NC(=O)c2ccccn2)c1. The number of nitrogens with one attached hydrogen (secondary N) is 1. The van der Waals surface area contributed by atoms with E-state index in [9.17, 15) is 9.18 Å². The molecule has 0 atom stereocenters. The number of carbonyl (C=O) groups is 1. The number of pyridine rings is 1. The lowest BCUT2D eigenvalue weighted by Gasteiger charge is -2.06. The first-order valence-corrected chi connectivity index (χ1v) is 5.14. The summed E-state index contributed by atoms with van der Waals surface area (Å²) in [4.78, 5) is 15.7. The summed E-state index contributed by atoms with van der Waals surface area (Å²) in [6.45, 7) is -3.27. The van der Waals surface area contributed by atoms with Gasteiger partial charge in [0.05, 0.1) is 0 Å². The number of benzene rings is 1. The zero-order chi connectivity index (χ0) is 14.6. The number of hydrogen-bond donors (Lipinski definition) is 1. The van der Waals surface area contributed by atoms with Gasteiger partial charge in [0.2, 0.25) is 6.81 Å². The average Bonchev–Trinajstić information content (AvgIpc) is 2.38. The van der Waals surface area contributed by atoms with E-state index in [-0.39, 0.29) is 11.4 Å². The molecule has 1 heterocycles. The molecule has 0 unspecified atom stereocenters. The number of halogens is 1. The average molecular weight is 248 g/mol. The second-order valence-corrected chi connectivity index (χ2v) is 3.38. The van der Waals surface area contributed by atoms with Crippen LogP contribution >= 0.6 is 0 Å². The molecule has 0 radical (unpaired) electrons. The van der Waals surface area contributed by atoms with E-state index in [1.807, 2.05) is 0 Å². The van der Waals surface area contributed by atoms with Gasteiger partial charge in [0.1, 0.15) is 14.2 Å². The van der Waals surface area contributed by atoms with Gasteiger partial charge >= 0.3 is 0 Å². The maximum absolute atomic E-state index is 12.7. The van der Waals surface area contributed by atoms with Crippen molar-refractivity contribution in [3.63, 3.8) is 0 Å². The molecule has 1 N–H and O–H groups in total. The molecule has 0 saturated carbocycles. The van der Waals surface area contributed by atoms with Crippen molar-refractivity contribution in [3.8, 4) is 5.75 Å². The van der Waals surface area contributed by atoms with E-state index in [0.29, 0.717) is 5.69 Å². The molecule has 2 aromatic rings. The molecular weight excluding hydrogens is 235 g/mol. The van der Waals surface area contributed by atoms with E-state index in [4.69, 9.17) is 2.74 Å². The Morgan fingerprint density at radius 3 is 3.00 bits per heavy atom. The van der Waals surface area contributed by atoms with E-state index in [1.165, 1.54) is 24.4 Å². The number of alkyl halides is 1. The second kappa shape index (κ2) is 5.77. The Bertz CT molecular complexity index is 603. The van der Waals surface area contributed by atoms with Crippen molar-refractivity contribution in [1.82, 2.24) is 4.98 Å². The first-order valence-electron chi connectivity index (χ1n) is 6.14. The molecule has 1 aromatic carbocycles. The molecule has 1 aromatic heterocycles. The van der Waals surface area contributed by atoms with Crippen molar-refractivity contribution in [3.05, 3.63) is 54.4 Å². The number of aromatic nitrogens is 1. The summed E-state index contributed by atoms with van der Waals surface area (Å²) in [7, 11) is 0. The smallest absolute Gasteiger partial charge is 0.274 e. The maximum Gasteiger partial charge on any atom is 0.274 e. The van der Waals surface area contributed by atoms with Gasteiger partial charge in [0.15, 0.2) is 0 Å². The van der Waals surface area contributed by atoms with E-state index < -0.39 is 12.7 Å². The number of ether oxygens (including phenoxy) is 1. The van der Waals surface area contributed by atoms with Crippen LogP contribution in [0, 0.1) is 0 Å². The van der Waals surface area contributed by atoms with Crippen LogP contribution in [0.15, 0.2) is 48.7 Å². The van der Waals surface area contributed by atoms with Crippen LogP contribution in [-0.2, 0) is 0 Å². The standard InChI is InChI=1S/C13H11FN2O2/c14-9-18-11-5-3-4-10(8-11)16-13(17)12-6-1-2-7-15-12/h1-8H,9H2,(H,16,17)/i9D2. The highest BCUT2D eigenvalue weighted by molar-refractivity contribution is 6.02. The Kier molecular flexibility index (Phi) is 3.07. The van der Waals surface area contributed by atoms with E-state index in [1.54, 1.807) is 24.3 Å². The fraction of sp³-hybridized carbons (Fsp3) is 0.0769. The Morgan fingerprint density at radius 1 is 1.39 bits per heavy atom. The summed E-state index contributed by atoms with van der Waals surface area (Å²) in [5.74, 6) is -0.456. The predicted molar refractivity (Wildman–Crippen MR) is 65.2 cm³/mol. The number of anilines is 1. The Hall–Kier alpha value is -2.43. The van der Waals surface area contributed by atoms with Crippen molar-refractivity contribution in [2.45, 2.75) is 0 Å². The highest BCUT2D eigenvalue weighted by Gasteiger charge is 2.06. The minimum absolute atomic E-state index is 0.0312. The second-order valence-electron chi connectivity index (χ2n) is 3.38. The van der Waals surface area contributed by atoms with Crippen LogP contribution in [0.5, 0.6) is 5.75 Å². The highest BCUT2D eigenvalue weighted by atomic mass is 19.1. The lowest BCUT2D eigenvalue weighted by Crippen LogP contribution is -2.13. The van der Waals surface area contributed by atoms with Crippen molar-refractivity contribution in [1.29, 1.82) is 0 Å². The molecule has 2 rings (SSSR count). The molecule has 0 fully saturated rings. The number of amides is 1. The largest absolute Gasteiger partial charge is 0.463 e. The quantitative estimate of drug-likeness (QED) is 0.904. The fourth-order valence-electron chi connectivity index (χ4n) is 1.37. The number of rotatable bonds is 4. The summed E-state index contributed by atoms with van der Waals surface area (Å²) >= 11 is 0. The minimum atomic E-state index is -3.27. The van der Waals surface area contributed by atoms with Gasteiger partial charge in [0.25, 0.3) is 5.91 Å². The van der Waals surface area contributed by atoms with Gasteiger partial charge < -0.3 is 10.1 Å².